The molecule has 0 saturated carbocycles. The molecule has 1 aromatic carbocycles. The minimum absolute atomic E-state index is 0.0581. The lowest BCUT2D eigenvalue weighted by Crippen LogP contribution is -2.52. The normalized spacial score (nSPS) is 16.3. The molecule has 1 fully saturated rings. The number of sulfonamides is 1. The number of benzene rings is 1. The summed E-state index contributed by atoms with van der Waals surface area (Å²) in [6.45, 7) is 0.271. The highest BCUT2D eigenvalue weighted by Crippen LogP contribution is 2.36. The molecule has 0 amide bonds. The second kappa shape index (κ2) is 7.01. The molecule has 0 spiro atoms. The molecule has 1 saturated heterocycles. The first-order chi connectivity index (χ1) is 12.2. The Morgan fingerprint density at radius 1 is 1.23 bits per heavy atom. The number of nitrogens with zero attached hydrogens (tertiary/aromatic N) is 3. The number of hydrogen-bond donors (Lipinski definition) is 0. The molecule has 0 aliphatic carbocycles. The van der Waals surface area contributed by atoms with Gasteiger partial charge in [-0.05, 0) is 12.1 Å². The second-order valence-corrected chi connectivity index (χ2v) is 7.97. The summed E-state index contributed by atoms with van der Waals surface area (Å²) in [5.41, 5.74) is -1.17. The third-order valence-electron chi connectivity index (χ3n) is 3.78. The van der Waals surface area contributed by atoms with Crippen molar-refractivity contribution in [2.45, 2.75) is 11.1 Å². The summed E-state index contributed by atoms with van der Waals surface area (Å²) in [6.07, 6.45) is -2.05. The lowest BCUT2D eigenvalue weighted by molar-refractivity contribution is -0.140. The lowest BCUT2D eigenvalue weighted by Gasteiger charge is -2.38. The molecule has 0 bridgehead atoms. The molecule has 0 N–H and O–H groups in total. The fourth-order valence-electron chi connectivity index (χ4n) is 2.49. The molecule has 3 rings (SSSR count). The summed E-state index contributed by atoms with van der Waals surface area (Å²) in [7, 11) is -4.23. The summed E-state index contributed by atoms with van der Waals surface area (Å²) in [5.74, 6) is 0.0322. The quantitative estimate of drug-likeness (QED) is 0.762. The average Bonchev–Trinajstić information content (AvgIpc) is 2.52. The maximum atomic E-state index is 13.1. The van der Waals surface area contributed by atoms with E-state index in [-0.39, 0.29) is 36.6 Å². The van der Waals surface area contributed by atoms with Gasteiger partial charge in [0, 0.05) is 19.0 Å². The number of alkyl halides is 3. The van der Waals surface area contributed by atoms with Crippen LogP contribution in [-0.4, -0.2) is 42.4 Å². The Morgan fingerprint density at radius 3 is 2.58 bits per heavy atom. The van der Waals surface area contributed by atoms with Crippen molar-refractivity contribution in [1.29, 1.82) is 0 Å². The number of hydrogen-bond acceptors (Lipinski definition) is 5. The monoisotopic (exact) mass is 407 g/mol. The fraction of sp³-hybridized carbons (Fsp3) is 0.333. The van der Waals surface area contributed by atoms with Crippen LogP contribution in [0.2, 0.25) is 5.15 Å². The Hall–Kier alpha value is -1.91. The predicted octanol–water partition coefficient (Wildman–Crippen LogP) is 2.85. The van der Waals surface area contributed by atoms with E-state index in [1.54, 1.807) is 0 Å². The first-order valence-corrected chi connectivity index (χ1v) is 9.26. The van der Waals surface area contributed by atoms with Gasteiger partial charge >= 0.3 is 6.18 Å². The van der Waals surface area contributed by atoms with Gasteiger partial charge in [0.2, 0.25) is 15.9 Å². The molecule has 2 aromatic rings. The number of ether oxygens (including phenoxy) is 1. The third kappa shape index (κ3) is 3.92. The van der Waals surface area contributed by atoms with Gasteiger partial charge in [-0.1, -0.05) is 23.7 Å². The Morgan fingerprint density at radius 2 is 1.92 bits per heavy atom. The van der Waals surface area contributed by atoms with Crippen LogP contribution in [0.3, 0.4) is 0 Å². The van der Waals surface area contributed by atoms with Gasteiger partial charge in [-0.2, -0.15) is 22.5 Å². The van der Waals surface area contributed by atoms with Crippen molar-refractivity contribution in [2.24, 2.45) is 5.92 Å². The van der Waals surface area contributed by atoms with Crippen molar-refractivity contribution >= 4 is 21.6 Å². The molecular formula is C15H13ClF3N3O3S. The van der Waals surface area contributed by atoms with Crippen molar-refractivity contribution in [1.82, 2.24) is 14.3 Å². The Balaban J connectivity index is 1.65. The van der Waals surface area contributed by atoms with E-state index in [1.807, 2.05) is 0 Å². The van der Waals surface area contributed by atoms with Crippen molar-refractivity contribution < 1.29 is 26.3 Å². The molecule has 2 heterocycles. The molecule has 1 aromatic heterocycles. The van der Waals surface area contributed by atoms with E-state index in [0.717, 1.165) is 22.5 Å². The van der Waals surface area contributed by atoms with E-state index < -0.39 is 26.7 Å². The molecule has 6 nitrogen and oxygen atoms in total. The summed E-state index contributed by atoms with van der Waals surface area (Å²) < 4.78 is 70.5. The van der Waals surface area contributed by atoms with Crippen LogP contribution in [0.5, 0.6) is 5.88 Å². The van der Waals surface area contributed by atoms with Crippen LogP contribution in [0.15, 0.2) is 41.6 Å². The van der Waals surface area contributed by atoms with E-state index in [9.17, 15) is 21.6 Å². The zero-order valence-electron chi connectivity index (χ0n) is 13.1. The number of halogens is 4. The van der Waals surface area contributed by atoms with Crippen LogP contribution in [0.4, 0.5) is 13.2 Å². The van der Waals surface area contributed by atoms with Crippen LogP contribution in [0.1, 0.15) is 5.56 Å². The van der Waals surface area contributed by atoms with Gasteiger partial charge in [0.1, 0.15) is 0 Å². The van der Waals surface area contributed by atoms with Crippen molar-refractivity contribution in [3.05, 3.63) is 47.4 Å². The third-order valence-corrected chi connectivity index (χ3v) is 5.86. The van der Waals surface area contributed by atoms with Gasteiger partial charge in [-0.25, -0.2) is 8.42 Å². The summed E-state index contributed by atoms with van der Waals surface area (Å²) in [6, 6.07) is 4.13. The van der Waals surface area contributed by atoms with E-state index in [4.69, 9.17) is 16.3 Å². The van der Waals surface area contributed by atoms with Crippen molar-refractivity contribution in [3.8, 4) is 5.88 Å². The lowest BCUT2D eigenvalue weighted by atomic mass is 10.1. The fourth-order valence-corrected chi connectivity index (χ4v) is 4.43. The van der Waals surface area contributed by atoms with E-state index in [2.05, 4.69) is 9.97 Å². The van der Waals surface area contributed by atoms with Gasteiger partial charge in [0.15, 0.2) is 5.15 Å². The minimum Gasteiger partial charge on any atom is -0.476 e. The Kier molecular flexibility index (Phi) is 5.09. The predicted molar refractivity (Wildman–Crippen MR) is 86.2 cm³/mol. The zero-order chi connectivity index (χ0) is 18.9. The van der Waals surface area contributed by atoms with Crippen LogP contribution >= 0.6 is 11.6 Å². The zero-order valence-corrected chi connectivity index (χ0v) is 14.7. The largest absolute Gasteiger partial charge is 0.476 e. The summed E-state index contributed by atoms with van der Waals surface area (Å²) in [4.78, 5) is 6.94. The molecule has 0 radical (unpaired) electrons. The standard InChI is InChI=1S/C15H13ClF3N3O3S/c16-13-5-20-6-14(21-13)25-9-10-7-22(8-10)26(23,24)12-4-2-1-3-11(12)15(17,18)19/h1-6,10H,7-9H2. The molecule has 0 unspecified atom stereocenters. The highest BCUT2D eigenvalue weighted by atomic mass is 35.5. The van der Waals surface area contributed by atoms with Gasteiger partial charge < -0.3 is 4.74 Å². The van der Waals surface area contributed by atoms with Crippen LogP contribution in [-0.2, 0) is 16.2 Å². The molecule has 0 atom stereocenters. The summed E-state index contributed by atoms with van der Waals surface area (Å²) in [5, 5.41) is 0.157. The maximum Gasteiger partial charge on any atom is 0.417 e. The SMILES string of the molecule is O=S(=O)(c1ccccc1C(F)(F)F)N1CC(COc2cncc(Cl)n2)C1. The van der Waals surface area contributed by atoms with E-state index >= 15 is 0 Å². The molecule has 140 valence electrons. The van der Waals surface area contributed by atoms with Gasteiger partial charge in [0.05, 0.1) is 29.5 Å². The maximum absolute atomic E-state index is 13.1. The Labute approximate surface area is 152 Å². The van der Waals surface area contributed by atoms with E-state index in [0.29, 0.717) is 0 Å². The van der Waals surface area contributed by atoms with Gasteiger partial charge in [0.25, 0.3) is 0 Å². The molecule has 11 heteroatoms. The van der Waals surface area contributed by atoms with Crippen LogP contribution in [0, 0.1) is 5.92 Å². The highest BCUT2D eigenvalue weighted by molar-refractivity contribution is 7.89. The molecular weight excluding hydrogens is 395 g/mol. The van der Waals surface area contributed by atoms with Crippen LogP contribution < -0.4 is 4.74 Å². The smallest absolute Gasteiger partial charge is 0.417 e. The summed E-state index contributed by atoms with van der Waals surface area (Å²) >= 11 is 5.68. The number of rotatable bonds is 5. The number of aromatic nitrogens is 2. The average molecular weight is 408 g/mol. The molecule has 1 aliphatic heterocycles. The highest BCUT2D eigenvalue weighted by Gasteiger charge is 2.42. The van der Waals surface area contributed by atoms with Crippen molar-refractivity contribution in [2.75, 3.05) is 19.7 Å². The van der Waals surface area contributed by atoms with Gasteiger partial charge in [-0.15, -0.1) is 0 Å². The second-order valence-electron chi connectivity index (χ2n) is 5.67. The van der Waals surface area contributed by atoms with Crippen molar-refractivity contribution in [3.63, 3.8) is 0 Å². The van der Waals surface area contributed by atoms with Gasteiger partial charge in [-0.3, -0.25) is 4.98 Å². The molecule has 26 heavy (non-hydrogen) atoms. The molecule has 1 aliphatic rings. The minimum atomic E-state index is -4.75. The first-order valence-electron chi connectivity index (χ1n) is 7.44. The topological polar surface area (TPSA) is 72.4 Å². The Bertz CT molecular complexity index is 902. The van der Waals surface area contributed by atoms with E-state index in [1.165, 1.54) is 18.5 Å². The van der Waals surface area contributed by atoms with Crippen LogP contribution in [0.25, 0.3) is 0 Å². The first kappa shape index (κ1) is 18.9.